The summed E-state index contributed by atoms with van der Waals surface area (Å²) < 4.78 is 4.97. The Morgan fingerprint density at radius 3 is 2.57 bits per heavy atom. The highest BCUT2D eigenvalue weighted by Crippen LogP contribution is 2.41. The van der Waals surface area contributed by atoms with Gasteiger partial charge in [-0.3, -0.25) is 0 Å². The molecular weight excluding hydrogens is 178 g/mol. The number of phenols is 1. The second-order valence-corrected chi connectivity index (χ2v) is 3.90. The van der Waals surface area contributed by atoms with Crippen molar-refractivity contribution >= 4 is 0 Å². The molecule has 3 heteroatoms. The van der Waals surface area contributed by atoms with Crippen molar-refractivity contribution in [1.29, 1.82) is 0 Å². The molecule has 3 nitrogen and oxygen atoms in total. The maximum Gasteiger partial charge on any atom is 0.160 e. The minimum atomic E-state index is -0.219. The summed E-state index contributed by atoms with van der Waals surface area (Å²) in [6.45, 7) is 0. The summed E-state index contributed by atoms with van der Waals surface area (Å²) in [5.41, 5.74) is 6.92. The SMILES string of the molecule is COc1ccc(C2(N)CCC2)cc1O. The Balaban J connectivity index is 2.32. The molecule has 1 aromatic rings. The van der Waals surface area contributed by atoms with Crippen LogP contribution in [0.25, 0.3) is 0 Å². The fourth-order valence-electron chi connectivity index (χ4n) is 1.85. The molecule has 0 heterocycles. The fourth-order valence-corrected chi connectivity index (χ4v) is 1.85. The Hall–Kier alpha value is -1.22. The zero-order valence-electron chi connectivity index (χ0n) is 8.29. The predicted octanol–water partition coefficient (Wildman–Crippen LogP) is 1.74. The number of hydrogen-bond donors (Lipinski definition) is 2. The van der Waals surface area contributed by atoms with Gasteiger partial charge >= 0.3 is 0 Å². The van der Waals surface area contributed by atoms with Gasteiger partial charge in [0.1, 0.15) is 0 Å². The van der Waals surface area contributed by atoms with Crippen molar-refractivity contribution in [3.8, 4) is 11.5 Å². The van der Waals surface area contributed by atoms with Crippen molar-refractivity contribution in [2.75, 3.05) is 7.11 Å². The van der Waals surface area contributed by atoms with Gasteiger partial charge in [-0.25, -0.2) is 0 Å². The summed E-state index contributed by atoms with van der Waals surface area (Å²) in [7, 11) is 1.54. The van der Waals surface area contributed by atoms with Crippen LogP contribution in [-0.4, -0.2) is 12.2 Å². The van der Waals surface area contributed by atoms with E-state index in [4.69, 9.17) is 10.5 Å². The number of hydrogen-bond acceptors (Lipinski definition) is 3. The molecule has 1 saturated carbocycles. The summed E-state index contributed by atoms with van der Waals surface area (Å²) in [6.07, 6.45) is 3.17. The van der Waals surface area contributed by atoms with Crippen LogP contribution in [0.1, 0.15) is 24.8 Å². The van der Waals surface area contributed by atoms with E-state index in [1.54, 1.807) is 12.1 Å². The van der Waals surface area contributed by atoms with Crippen LogP contribution < -0.4 is 10.5 Å². The van der Waals surface area contributed by atoms with Crippen LogP contribution >= 0.6 is 0 Å². The second-order valence-electron chi connectivity index (χ2n) is 3.90. The molecule has 1 aliphatic rings. The van der Waals surface area contributed by atoms with E-state index >= 15 is 0 Å². The van der Waals surface area contributed by atoms with Gasteiger partial charge in [0.05, 0.1) is 7.11 Å². The molecule has 0 spiro atoms. The van der Waals surface area contributed by atoms with Crippen LogP contribution in [0.5, 0.6) is 11.5 Å². The minimum Gasteiger partial charge on any atom is -0.504 e. The van der Waals surface area contributed by atoms with Gasteiger partial charge in [0.2, 0.25) is 0 Å². The number of aromatic hydroxyl groups is 1. The lowest BCUT2D eigenvalue weighted by atomic mass is 9.73. The number of phenolic OH excluding ortho intramolecular Hbond substituents is 1. The quantitative estimate of drug-likeness (QED) is 0.752. The molecule has 0 saturated heterocycles. The summed E-state index contributed by atoms with van der Waals surface area (Å²) in [6, 6.07) is 5.40. The normalized spacial score (nSPS) is 18.7. The number of rotatable bonds is 2. The predicted molar refractivity (Wildman–Crippen MR) is 54.4 cm³/mol. The maximum absolute atomic E-state index is 9.59. The summed E-state index contributed by atoms with van der Waals surface area (Å²) >= 11 is 0. The van der Waals surface area contributed by atoms with E-state index in [2.05, 4.69) is 0 Å². The molecule has 2 rings (SSSR count). The minimum absolute atomic E-state index is 0.168. The molecule has 0 aromatic heterocycles. The van der Waals surface area contributed by atoms with Gasteiger partial charge < -0.3 is 15.6 Å². The average Bonchev–Trinajstić information content (AvgIpc) is 2.14. The topological polar surface area (TPSA) is 55.5 Å². The average molecular weight is 193 g/mol. The molecule has 76 valence electrons. The van der Waals surface area contributed by atoms with Crippen molar-refractivity contribution in [3.05, 3.63) is 23.8 Å². The molecule has 0 amide bonds. The van der Waals surface area contributed by atoms with Crippen LogP contribution in [0.2, 0.25) is 0 Å². The maximum atomic E-state index is 9.59. The Labute approximate surface area is 83.5 Å². The smallest absolute Gasteiger partial charge is 0.160 e. The zero-order chi connectivity index (χ0) is 10.2. The van der Waals surface area contributed by atoms with Crippen molar-refractivity contribution < 1.29 is 9.84 Å². The molecule has 3 N–H and O–H groups in total. The van der Waals surface area contributed by atoms with E-state index in [1.807, 2.05) is 6.07 Å². The van der Waals surface area contributed by atoms with Gasteiger partial charge in [0.25, 0.3) is 0 Å². The standard InChI is InChI=1S/C11H15NO2/c1-14-10-4-3-8(7-9(10)13)11(12)5-2-6-11/h3-4,7,13H,2,5-6,12H2,1H3. The molecule has 14 heavy (non-hydrogen) atoms. The molecule has 0 unspecified atom stereocenters. The molecule has 0 radical (unpaired) electrons. The van der Waals surface area contributed by atoms with Gasteiger partial charge in [-0.05, 0) is 37.0 Å². The van der Waals surface area contributed by atoms with E-state index in [0.717, 1.165) is 18.4 Å². The van der Waals surface area contributed by atoms with Crippen LogP contribution in [-0.2, 0) is 5.54 Å². The monoisotopic (exact) mass is 193 g/mol. The van der Waals surface area contributed by atoms with Crippen molar-refractivity contribution in [1.82, 2.24) is 0 Å². The summed E-state index contributed by atoms with van der Waals surface area (Å²) in [4.78, 5) is 0. The Kier molecular flexibility index (Phi) is 2.11. The third-order valence-electron chi connectivity index (χ3n) is 3.00. The van der Waals surface area contributed by atoms with E-state index < -0.39 is 0 Å². The van der Waals surface area contributed by atoms with Crippen LogP contribution in [0, 0.1) is 0 Å². The molecule has 1 aromatic carbocycles. The number of methoxy groups -OCH3 is 1. The Morgan fingerprint density at radius 2 is 2.14 bits per heavy atom. The van der Waals surface area contributed by atoms with Gasteiger partial charge in [-0.1, -0.05) is 6.07 Å². The Bertz CT molecular complexity index is 345. The largest absolute Gasteiger partial charge is 0.504 e. The number of benzene rings is 1. The highest BCUT2D eigenvalue weighted by Gasteiger charge is 2.34. The molecule has 0 bridgehead atoms. The lowest BCUT2D eigenvalue weighted by Gasteiger charge is -2.38. The van der Waals surface area contributed by atoms with Crippen molar-refractivity contribution in [2.45, 2.75) is 24.8 Å². The first-order valence-electron chi connectivity index (χ1n) is 4.82. The second kappa shape index (κ2) is 3.17. The molecule has 0 atom stereocenters. The van der Waals surface area contributed by atoms with E-state index in [0.29, 0.717) is 5.75 Å². The van der Waals surface area contributed by atoms with Crippen LogP contribution in [0.3, 0.4) is 0 Å². The summed E-state index contributed by atoms with van der Waals surface area (Å²) in [5, 5.41) is 9.59. The molecular formula is C11H15NO2. The Morgan fingerprint density at radius 1 is 1.43 bits per heavy atom. The van der Waals surface area contributed by atoms with Gasteiger partial charge in [-0.2, -0.15) is 0 Å². The number of ether oxygens (including phenoxy) is 1. The van der Waals surface area contributed by atoms with Gasteiger partial charge in [-0.15, -0.1) is 0 Å². The fraction of sp³-hybridized carbons (Fsp3) is 0.455. The third-order valence-corrected chi connectivity index (χ3v) is 3.00. The highest BCUT2D eigenvalue weighted by molar-refractivity contribution is 5.44. The molecule has 1 aliphatic carbocycles. The van der Waals surface area contributed by atoms with E-state index in [-0.39, 0.29) is 11.3 Å². The van der Waals surface area contributed by atoms with Crippen LogP contribution in [0.15, 0.2) is 18.2 Å². The van der Waals surface area contributed by atoms with Crippen molar-refractivity contribution in [3.63, 3.8) is 0 Å². The number of nitrogens with two attached hydrogens (primary N) is 1. The van der Waals surface area contributed by atoms with Crippen molar-refractivity contribution in [2.24, 2.45) is 5.73 Å². The molecule has 0 aliphatic heterocycles. The highest BCUT2D eigenvalue weighted by atomic mass is 16.5. The third kappa shape index (κ3) is 1.34. The summed E-state index contributed by atoms with van der Waals surface area (Å²) in [5.74, 6) is 0.665. The first-order chi connectivity index (χ1) is 6.65. The lowest BCUT2D eigenvalue weighted by Crippen LogP contribution is -2.43. The van der Waals surface area contributed by atoms with Crippen LogP contribution in [0.4, 0.5) is 0 Å². The first kappa shape index (κ1) is 9.34. The lowest BCUT2D eigenvalue weighted by molar-refractivity contribution is 0.252. The molecule has 1 fully saturated rings. The van der Waals surface area contributed by atoms with Gasteiger partial charge in [0, 0.05) is 5.54 Å². The van der Waals surface area contributed by atoms with E-state index in [1.165, 1.54) is 13.5 Å². The van der Waals surface area contributed by atoms with Gasteiger partial charge in [0.15, 0.2) is 11.5 Å². The zero-order valence-corrected chi connectivity index (χ0v) is 8.29. The first-order valence-corrected chi connectivity index (χ1v) is 4.82. The van der Waals surface area contributed by atoms with E-state index in [9.17, 15) is 5.11 Å².